The van der Waals surface area contributed by atoms with Crippen molar-refractivity contribution in [3.63, 3.8) is 0 Å². The predicted octanol–water partition coefficient (Wildman–Crippen LogP) is 0.891. The van der Waals surface area contributed by atoms with E-state index >= 15 is 0 Å². The van der Waals surface area contributed by atoms with E-state index < -0.39 is 0 Å². The number of hydrogen-bond acceptors (Lipinski definition) is 3. The van der Waals surface area contributed by atoms with Crippen LogP contribution in [-0.2, 0) is 4.79 Å². The van der Waals surface area contributed by atoms with Gasteiger partial charge in [-0.05, 0) is 25.8 Å². The molecule has 84 valence electrons. The van der Waals surface area contributed by atoms with Gasteiger partial charge in [-0.3, -0.25) is 9.69 Å². The molecule has 0 saturated carbocycles. The van der Waals surface area contributed by atoms with Crippen LogP contribution in [0.3, 0.4) is 0 Å². The molecule has 1 unspecified atom stereocenters. The highest BCUT2D eigenvalue weighted by molar-refractivity contribution is 5.81. The van der Waals surface area contributed by atoms with Gasteiger partial charge in [0.1, 0.15) is 0 Å². The molecule has 0 spiro atoms. The Labute approximate surface area is 91.2 Å². The van der Waals surface area contributed by atoms with Crippen LogP contribution in [0.5, 0.6) is 0 Å². The molecule has 0 aromatic carbocycles. The highest BCUT2D eigenvalue weighted by Gasteiger charge is 2.25. The Morgan fingerprint density at radius 2 is 2.40 bits per heavy atom. The number of rotatable bonds is 4. The number of nitriles is 1. The minimum absolute atomic E-state index is 0.0224. The Kier molecular flexibility index (Phi) is 5.13. The summed E-state index contributed by atoms with van der Waals surface area (Å²) in [4.78, 5) is 13.8. The number of nitrogens with zero attached hydrogens (tertiary/aromatic N) is 2. The third-order valence-corrected chi connectivity index (χ3v) is 2.86. The third-order valence-electron chi connectivity index (χ3n) is 2.86. The molecule has 0 aliphatic carbocycles. The van der Waals surface area contributed by atoms with E-state index in [9.17, 15) is 4.79 Å². The molecule has 4 heteroatoms. The molecule has 0 radical (unpaired) electrons. The molecular formula is C11H19N3O. The van der Waals surface area contributed by atoms with Crippen molar-refractivity contribution in [2.75, 3.05) is 19.6 Å². The Morgan fingerprint density at radius 3 is 3.07 bits per heavy atom. The lowest BCUT2D eigenvalue weighted by Crippen LogP contribution is -2.46. The molecule has 0 aromatic heterocycles. The van der Waals surface area contributed by atoms with Crippen molar-refractivity contribution in [2.45, 2.75) is 38.6 Å². The molecule has 1 fully saturated rings. The van der Waals surface area contributed by atoms with Crippen LogP contribution in [0.15, 0.2) is 0 Å². The minimum Gasteiger partial charge on any atom is -0.355 e. The molecule has 1 N–H and O–H groups in total. The lowest BCUT2D eigenvalue weighted by Gasteiger charge is -2.27. The van der Waals surface area contributed by atoms with Crippen molar-refractivity contribution in [3.05, 3.63) is 0 Å². The number of hydrogen-bond donors (Lipinski definition) is 1. The zero-order valence-electron chi connectivity index (χ0n) is 9.33. The van der Waals surface area contributed by atoms with E-state index in [1.165, 1.54) is 0 Å². The standard InChI is InChI=1S/C11H19N3O/c1-2-14(9-5-7-12)10-6-3-4-8-13-11(10)15/h10H,2-6,8-9H2,1H3,(H,13,15). The molecule has 1 aliphatic rings. The summed E-state index contributed by atoms with van der Waals surface area (Å²) in [6.45, 7) is 4.37. The maximum absolute atomic E-state index is 11.7. The minimum atomic E-state index is -0.0224. The number of amides is 1. The van der Waals surface area contributed by atoms with Crippen LogP contribution in [0.1, 0.15) is 32.6 Å². The zero-order chi connectivity index (χ0) is 11.1. The lowest BCUT2D eigenvalue weighted by atomic mass is 10.1. The van der Waals surface area contributed by atoms with Crippen molar-refractivity contribution in [3.8, 4) is 6.07 Å². The SMILES string of the molecule is CCN(CCC#N)C1CCCCNC1=O. The highest BCUT2D eigenvalue weighted by Crippen LogP contribution is 2.12. The number of carbonyl (C=O) groups excluding carboxylic acids is 1. The van der Waals surface area contributed by atoms with Gasteiger partial charge in [-0.1, -0.05) is 6.92 Å². The second-order valence-electron chi connectivity index (χ2n) is 3.84. The van der Waals surface area contributed by atoms with Gasteiger partial charge < -0.3 is 5.32 Å². The van der Waals surface area contributed by atoms with Gasteiger partial charge in [-0.2, -0.15) is 5.26 Å². The first-order chi connectivity index (χ1) is 7.29. The summed E-state index contributed by atoms with van der Waals surface area (Å²) >= 11 is 0. The van der Waals surface area contributed by atoms with Crippen molar-refractivity contribution in [1.82, 2.24) is 10.2 Å². The molecule has 0 aromatic rings. The average Bonchev–Trinajstić information content (AvgIpc) is 2.45. The maximum Gasteiger partial charge on any atom is 0.237 e. The van der Waals surface area contributed by atoms with Crippen molar-refractivity contribution >= 4 is 5.91 Å². The molecule has 0 bridgehead atoms. The molecule has 1 aliphatic heterocycles. The average molecular weight is 209 g/mol. The monoisotopic (exact) mass is 209 g/mol. The van der Waals surface area contributed by atoms with Gasteiger partial charge in [0.15, 0.2) is 0 Å². The van der Waals surface area contributed by atoms with Crippen molar-refractivity contribution in [1.29, 1.82) is 5.26 Å². The molecular weight excluding hydrogens is 190 g/mol. The predicted molar refractivity (Wildman–Crippen MR) is 58.1 cm³/mol. The number of nitrogens with one attached hydrogen (secondary N) is 1. The van der Waals surface area contributed by atoms with E-state index in [2.05, 4.69) is 16.3 Å². The fraction of sp³-hybridized carbons (Fsp3) is 0.818. The normalized spacial score (nSPS) is 21.9. The summed E-state index contributed by atoms with van der Waals surface area (Å²) in [6.07, 6.45) is 3.58. The first-order valence-electron chi connectivity index (χ1n) is 5.68. The number of carbonyl (C=O) groups is 1. The Hall–Kier alpha value is -1.08. The molecule has 1 saturated heterocycles. The van der Waals surface area contributed by atoms with Gasteiger partial charge in [-0.25, -0.2) is 0 Å². The van der Waals surface area contributed by atoms with Crippen LogP contribution >= 0.6 is 0 Å². The van der Waals surface area contributed by atoms with E-state index in [-0.39, 0.29) is 11.9 Å². The second kappa shape index (κ2) is 6.41. The molecule has 1 atom stereocenters. The Balaban J connectivity index is 2.55. The van der Waals surface area contributed by atoms with E-state index in [0.717, 1.165) is 32.4 Å². The van der Waals surface area contributed by atoms with Crippen LogP contribution in [-0.4, -0.2) is 36.5 Å². The summed E-state index contributed by atoms with van der Waals surface area (Å²) in [5.74, 6) is 0.132. The van der Waals surface area contributed by atoms with Gasteiger partial charge in [0.25, 0.3) is 0 Å². The first-order valence-corrected chi connectivity index (χ1v) is 5.68. The second-order valence-corrected chi connectivity index (χ2v) is 3.84. The van der Waals surface area contributed by atoms with Gasteiger partial charge in [-0.15, -0.1) is 0 Å². The number of likely N-dealkylation sites (N-methyl/N-ethyl adjacent to an activating group) is 1. The van der Waals surface area contributed by atoms with E-state index in [1.807, 2.05) is 6.92 Å². The third kappa shape index (κ3) is 3.52. The Bertz CT molecular complexity index is 247. The van der Waals surface area contributed by atoms with Crippen LogP contribution < -0.4 is 5.32 Å². The first kappa shape index (κ1) is 12.0. The smallest absolute Gasteiger partial charge is 0.237 e. The largest absolute Gasteiger partial charge is 0.355 e. The maximum atomic E-state index is 11.7. The van der Waals surface area contributed by atoms with Crippen molar-refractivity contribution < 1.29 is 4.79 Å². The van der Waals surface area contributed by atoms with Gasteiger partial charge in [0.05, 0.1) is 12.1 Å². The summed E-state index contributed by atoms with van der Waals surface area (Å²) in [7, 11) is 0. The summed E-state index contributed by atoms with van der Waals surface area (Å²) in [5.41, 5.74) is 0. The van der Waals surface area contributed by atoms with Crippen LogP contribution in [0.25, 0.3) is 0 Å². The molecule has 4 nitrogen and oxygen atoms in total. The van der Waals surface area contributed by atoms with Gasteiger partial charge >= 0.3 is 0 Å². The topological polar surface area (TPSA) is 56.1 Å². The summed E-state index contributed by atoms with van der Waals surface area (Å²) in [6, 6.07) is 2.11. The van der Waals surface area contributed by atoms with Crippen LogP contribution in [0, 0.1) is 11.3 Å². The Morgan fingerprint density at radius 1 is 1.60 bits per heavy atom. The van der Waals surface area contributed by atoms with E-state index in [0.29, 0.717) is 13.0 Å². The quantitative estimate of drug-likeness (QED) is 0.748. The van der Waals surface area contributed by atoms with E-state index in [4.69, 9.17) is 5.26 Å². The van der Waals surface area contributed by atoms with Gasteiger partial charge in [0.2, 0.25) is 5.91 Å². The summed E-state index contributed by atoms with van der Waals surface area (Å²) < 4.78 is 0. The lowest BCUT2D eigenvalue weighted by molar-refractivity contribution is -0.126. The van der Waals surface area contributed by atoms with Gasteiger partial charge in [0, 0.05) is 19.5 Å². The fourth-order valence-electron chi connectivity index (χ4n) is 2.00. The molecule has 1 heterocycles. The molecule has 1 rings (SSSR count). The zero-order valence-corrected chi connectivity index (χ0v) is 9.33. The molecule has 15 heavy (non-hydrogen) atoms. The highest BCUT2D eigenvalue weighted by atomic mass is 16.2. The van der Waals surface area contributed by atoms with E-state index in [1.54, 1.807) is 0 Å². The molecule has 1 amide bonds. The van der Waals surface area contributed by atoms with Crippen LogP contribution in [0.2, 0.25) is 0 Å². The van der Waals surface area contributed by atoms with Crippen LogP contribution in [0.4, 0.5) is 0 Å². The fourth-order valence-corrected chi connectivity index (χ4v) is 2.00. The van der Waals surface area contributed by atoms with Crippen molar-refractivity contribution in [2.24, 2.45) is 0 Å². The summed E-state index contributed by atoms with van der Waals surface area (Å²) in [5, 5.41) is 11.5.